The molecule has 0 radical (unpaired) electrons. The summed E-state index contributed by atoms with van der Waals surface area (Å²) < 4.78 is 42.2. The Kier molecular flexibility index (Phi) is 6.61. The minimum atomic E-state index is -1.20. The molecule has 1 aliphatic rings. The summed E-state index contributed by atoms with van der Waals surface area (Å²) in [6.07, 6.45) is 2.58. The first-order valence-electron chi connectivity index (χ1n) is 7.71. The van der Waals surface area contributed by atoms with E-state index in [1.165, 1.54) is 11.9 Å². The van der Waals surface area contributed by atoms with E-state index in [0.717, 1.165) is 23.0 Å². The molecule has 0 saturated heterocycles. The predicted molar refractivity (Wildman–Crippen MR) is 93.9 cm³/mol. The van der Waals surface area contributed by atoms with Gasteiger partial charge in [-0.3, -0.25) is 0 Å². The molecule has 6 heteroatoms. The minimum absolute atomic E-state index is 0.0760. The average Bonchev–Trinajstić information content (AvgIpc) is 3.08. The van der Waals surface area contributed by atoms with E-state index < -0.39 is 17.5 Å². The van der Waals surface area contributed by atoms with E-state index >= 15 is 0 Å². The Morgan fingerprint density at radius 2 is 1.67 bits per heavy atom. The number of rotatable bonds is 4. The standard InChI is InChI=1S/C16H13F3N2S.C2H6/c17-12-7-14(19)16(8-13(12)18)21-22-11-6-15(20-9-11)10-4-2-1-3-5-10;1-2/h1-5,7-9,15,20-21H,6H2;1-2H3. The number of nitrogens with one attached hydrogen (secondary N) is 2. The molecule has 2 aromatic rings. The van der Waals surface area contributed by atoms with Gasteiger partial charge in [-0.25, -0.2) is 13.2 Å². The van der Waals surface area contributed by atoms with Crippen LogP contribution in [0.2, 0.25) is 0 Å². The molecule has 0 fully saturated rings. The van der Waals surface area contributed by atoms with Crippen LogP contribution in [0.25, 0.3) is 0 Å². The molecule has 2 N–H and O–H groups in total. The zero-order valence-electron chi connectivity index (χ0n) is 13.4. The molecule has 3 rings (SSSR count). The number of anilines is 1. The molecule has 1 aliphatic heterocycles. The van der Waals surface area contributed by atoms with Crippen LogP contribution in [0.15, 0.2) is 53.6 Å². The zero-order chi connectivity index (χ0) is 17.5. The second kappa shape index (κ2) is 8.68. The summed E-state index contributed by atoms with van der Waals surface area (Å²) in [7, 11) is 0. The van der Waals surface area contributed by atoms with Crippen LogP contribution < -0.4 is 10.0 Å². The first-order valence-corrected chi connectivity index (χ1v) is 8.52. The van der Waals surface area contributed by atoms with Crippen molar-refractivity contribution < 1.29 is 13.2 Å². The van der Waals surface area contributed by atoms with Gasteiger partial charge in [0.15, 0.2) is 11.6 Å². The normalized spacial score (nSPS) is 15.9. The maximum atomic E-state index is 13.5. The first kappa shape index (κ1) is 18.3. The van der Waals surface area contributed by atoms with Crippen LogP contribution in [-0.2, 0) is 0 Å². The Hall–Kier alpha value is -2.08. The fraction of sp³-hybridized carbons (Fsp3) is 0.222. The van der Waals surface area contributed by atoms with Gasteiger partial charge < -0.3 is 10.0 Å². The zero-order valence-corrected chi connectivity index (χ0v) is 14.3. The summed E-state index contributed by atoms with van der Waals surface area (Å²) in [5.74, 6) is -3.10. The fourth-order valence-corrected chi connectivity index (χ4v) is 2.98. The van der Waals surface area contributed by atoms with Crippen LogP contribution in [0.3, 0.4) is 0 Å². The highest BCUT2D eigenvalue weighted by Gasteiger charge is 2.19. The molecule has 24 heavy (non-hydrogen) atoms. The molecular weight excluding hydrogens is 333 g/mol. The number of hydrogen-bond donors (Lipinski definition) is 2. The Morgan fingerprint density at radius 3 is 2.38 bits per heavy atom. The quantitative estimate of drug-likeness (QED) is 0.540. The Bertz CT molecular complexity index is 705. The fourth-order valence-electron chi connectivity index (χ4n) is 2.20. The third-order valence-corrected chi connectivity index (χ3v) is 4.22. The lowest BCUT2D eigenvalue weighted by molar-refractivity contribution is 0.496. The van der Waals surface area contributed by atoms with E-state index in [2.05, 4.69) is 10.0 Å². The second-order valence-electron chi connectivity index (χ2n) is 4.89. The minimum Gasteiger partial charge on any atom is -0.383 e. The van der Waals surface area contributed by atoms with Gasteiger partial charge >= 0.3 is 0 Å². The van der Waals surface area contributed by atoms with Gasteiger partial charge in [0.1, 0.15) is 5.82 Å². The predicted octanol–water partition coefficient (Wildman–Crippen LogP) is 5.77. The molecule has 128 valence electrons. The van der Waals surface area contributed by atoms with Crippen molar-refractivity contribution in [2.24, 2.45) is 0 Å². The van der Waals surface area contributed by atoms with E-state index in [-0.39, 0.29) is 11.7 Å². The summed E-state index contributed by atoms with van der Waals surface area (Å²) >= 11 is 1.18. The molecule has 1 unspecified atom stereocenters. The second-order valence-corrected chi connectivity index (χ2v) is 5.83. The van der Waals surface area contributed by atoms with E-state index in [0.29, 0.717) is 6.07 Å². The largest absolute Gasteiger partial charge is 0.383 e. The summed E-state index contributed by atoms with van der Waals surface area (Å²) in [5, 5.41) is 3.24. The first-order chi connectivity index (χ1) is 11.6. The highest BCUT2D eigenvalue weighted by molar-refractivity contribution is 8.04. The van der Waals surface area contributed by atoms with Crippen molar-refractivity contribution in [2.75, 3.05) is 4.72 Å². The maximum Gasteiger partial charge on any atom is 0.161 e. The van der Waals surface area contributed by atoms with Gasteiger partial charge in [-0.1, -0.05) is 44.2 Å². The van der Waals surface area contributed by atoms with Gasteiger partial charge in [-0.2, -0.15) is 0 Å². The average molecular weight is 352 g/mol. The summed E-state index contributed by atoms with van der Waals surface area (Å²) in [4.78, 5) is 0.956. The highest BCUT2D eigenvalue weighted by atomic mass is 32.2. The van der Waals surface area contributed by atoms with Gasteiger partial charge in [0, 0.05) is 29.7 Å². The lowest BCUT2D eigenvalue weighted by atomic mass is 10.1. The van der Waals surface area contributed by atoms with Gasteiger partial charge in [0.05, 0.1) is 11.7 Å². The monoisotopic (exact) mass is 352 g/mol. The third-order valence-electron chi connectivity index (χ3n) is 3.35. The van der Waals surface area contributed by atoms with Crippen LogP contribution in [0.5, 0.6) is 0 Å². The van der Waals surface area contributed by atoms with Crippen molar-refractivity contribution >= 4 is 17.6 Å². The maximum absolute atomic E-state index is 13.5. The number of benzene rings is 2. The lowest BCUT2D eigenvalue weighted by Crippen LogP contribution is -2.08. The van der Waals surface area contributed by atoms with Crippen LogP contribution >= 0.6 is 11.9 Å². The topological polar surface area (TPSA) is 24.1 Å². The van der Waals surface area contributed by atoms with Crippen LogP contribution in [-0.4, -0.2) is 0 Å². The van der Waals surface area contributed by atoms with Crippen molar-refractivity contribution in [1.29, 1.82) is 0 Å². The summed E-state index contributed by atoms with van der Waals surface area (Å²) in [6, 6.07) is 11.5. The van der Waals surface area contributed by atoms with Crippen LogP contribution in [0.1, 0.15) is 31.9 Å². The van der Waals surface area contributed by atoms with Gasteiger partial charge in [0.25, 0.3) is 0 Å². The number of hydrogen-bond acceptors (Lipinski definition) is 3. The molecule has 0 aliphatic carbocycles. The molecule has 1 heterocycles. The lowest BCUT2D eigenvalue weighted by Gasteiger charge is -2.11. The van der Waals surface area contributed by atoms with Crippen molar-refractivity contribution in [3.05, 3.63) is 76.6 Å². The number of halogens is 3. The van der Waals surface area contributed by atoms with Gasteiger partial charge in [-0.05, 0) is 17.5 Å². The van der Waals surface area contributed by atoms with Crippen molar-refractivity contribution in [3.8, 4) is 0 Å². The summed E-state index contributed by atoms with van der Waals surface area (Å²) in [5.41, 5.74) is 1.08. The van der Waals surface area contributed by atoms with Crippen molar-refractivity contribution in [1.82, 2.24) is 5.32 Å². The van der Waals surface area contributed by atoms with Gasteiger partial charge in [0.2, 0.25) is 0 Å². The van der Waals surface area contributed by atoms with E-state index in [1.54, 1.807) is 0 Å². The van der Waals surface area contributed by atoms with Crippen molar-refractivity contribution in [3.63, 3.8) is 0 Å². The Labute approximate surface area is 144 Å². The summed E-state index contributed by atoms with van der Waals surface area (Å²) in [6.45, 7) is 4.00. The third kappa shape index (κ3) is 4.47. The molecule has 1 atom stereocenters. The molecule has 2 nitrogen and oxygen atoms in total. The van der Waals surface area contributed by atoms with E-state index in [1.807, 2.05) is 50.4 Å². The van der Waals surface area contributed by atoms with Crippen molar-refractivity contribution in [2.45, 2.75) is 26.3 Å². The molecule has 0 amide bonds. The van der Waals surface area contributed by atoms with Crippen LogP contribution in [0.4, 0.5) is 18.9 Å². The highest BCUT2D eigenvalue weighted by Crippen LogP contribution is 2.33. The smallest absolute Gasteiger partial charge is 0.161 e. The Balaban J connectivity index is 0.00000100. The van der Waals surface area contributed by atoms with Gasteiger partial charge in [-0.15, -0.1) is 0 Å². The van der Waals surface area contributed by atoms with E-state index in [9.17, 15) is 13.2 Å². The molecule has 0 spiro atoms. The Morgan fingerprint density at radius 1 is 1.00 bits per heavy atom. The van der Waals surface area contributed by atoms with Crippen LogP contribution in [0, 0.1) is 17.5 Å². The SMILES string of the molecule is CC.Fc1cc(F)c(NSC2=CNC(c3ccccc3)C2)cc1F. The molecule has 0 aromatic heterocycles. The molecule has 0 bridgehead atoms. The van der Waals surface area contributed by atoms with E-state index in [4.69, 9.17) is 0 Å². The molecular formula is C18H19F3N2S. The molecule has 2 aromatic carbocycles. The molecule has 0 saturated carbocycles.